The average Bonchev–Trinajstić information content (AvgIpc) is 2.25. The second-order valence-electron chi connectivity index (χ2n) is 3.04. The molecule has 0 heterocycles. The number of aliphatic hydroxyl groups excluding tert-OH is 1. The average molecular weight is 227 g/mol. The van der Waals surface area contributed by atoms with Crippen LogP contribution in [0.4, 0.5) is 4.39 Å². The highest BCUT2D eigenvalue weighted by Gasteiger charge is 2.16. The topological polar surface area (TPSA) is 86.6 Å². The van der Waals surface area contributed by atoms with E-state index in [1.807, 2.05) is 0 Å². The monoisotopic (exact) mass is 227 g/mol. The van der Waals surface area contributed by atoms with Gasteiger partial charge in [-0.25, -0.2) is 9.18 Å². The number of hydrogen-bond donors (Lipinski definition) is 3. The summed E-state index contributed by atoms with van der Waals surface area (Å²) in [6.45, 7) is -0.470. The van der Waals surface area contributed by atoms with Crippen LogP contribution in [0.1, 0.15) is 10.4 Å². The summed E-state index contributed by atoms with van der Waals surface area (Å²) in [7, 11) is 0. The van der Waals surface area contributed by atoms with Gasteiger partial charge < -0.3 is 15.5 Å². The number of carboxylic acid groups (broad SMARTS) is 1. The second kappa shape index (κ2) is 5.22. The van der Waals surface area contributed by atoms with Crippen LogP contribution in [0.15, 0.2) is 24.3 Å². The van der Waals surface area contributed by atoms with Crippen LogP contribution in [0.5, 0.6) is 0 Å². The van der Waals surface area contributed by atoms with Crippen LogP contribution in [0, 0.1) is 5.82 Å². The summed E-state index contributed by atoms with van der Waals surface area (Å²) in [6, 6.07) is 5.28. The lowest BCUT2D eigenvalue weighted by Gasteiger charge is -2.08. The molecule has 0 saturated carbocycles. The highest BCUT2D eigenvalue weighted by molar-refractivity contribution is 5.94. The van der Waals surface area contributed by atoms with Crippen LogP contribution in [0.25, 0.3) is 0 Å². The molecule has 0 aliphatic heterocycles. The maximum Gasteiger partial charge on any atom is 0.334 e. The van der Waals surface area contributed by atoms with Crippen LogP contribution in [0.3, 0.4) is 0 Å². The minimum Gasteiger partial charge on any atom is -0.479 e. The zero-order valence-electron chi connectivity index (χ0n) is 8.18. The Hall–Kier alpha value is -1.95. The summed E-state index contributed by atoms with van der Waals surface area (Å²) in [6.07, 6.45) is -1.70. The second-order valence-corrected chi connectivity index (χ2v) is 3.04. The normalized spacial score (nSPS) is 11.9. The molecule has 86 valence electrons. The van der Waals surface area contributed by atoms with E-state index in [1.165, 1.54) is 18.2 Å². The van der Waals surface area contributed by atoms with Gasteiger partial charge in [-0.3, -0.25) is 4.79 Å². The molecule has 0 aromatic heterocycles. The smallest absolute Gasteiger partial charge is 0.334 e. The highest BCUT2D eigenvalue weighted by atomic mass is 19.1. The fourth-order valence-electron chi connectivity index (χ4n) is 1.02. The van der Waals surface area contributed by atoms with Gasteiger partial charge in [0.15, 0.2) is 6.10 Å². The molecule has 1 amide bonds. The molecule has 0 aliphatic carbocycles. The van der Waals surface area contributed by atoms with Crippen LogP contribution < -0.4 is 5.32 Å². The van der Waals surface area contributed by atoms with Crippen LogP contribution in [-0.2, 0) is 4.79 Å². The number of carbonyl (C=O) groups excluding carboxylic acids is 1. The standard InChI is InChI=1S/C10H10FNO4/c11-7-4-2-1-3-6(7)9(14)12-5-8(13)10(15)16/h1-4,8,13H,5H2,(H,12,14)(H,15,16)/t8-/m0/s1. The van der Waals surface area contributed by atoms with E-state index in [2.05, 4.69) is 5.32 Å². The summed E-state index contributed by atoms with van der Waals surface area (Å²) in [5, 5.41) is 19.3. The molecule has 0 saturated heterocycles. The number of benzene rings is 1. The molecule has 1 atom stereocenters. The zero-order chi connectivity index (χ0) is 12.1. The van der Waals surface area contributed by atoms with E-state index in [-0.39, 0.29) is 5.56 Å². The molecule has 0 aliphatic rings. The van der Waals surface area contributed by atoms with Crippen molar-refractivity contribution < 1.29 is 24.2 Å². The number of carbonyl (C=O) groups is 2. The molecule has 1 aromatic carbocycles. The predicted molar refractivity (Wildman–Crippen MR) is 52.4 cm³/mol. The number of aliphatic hydroxyl groups is 1. The predicted octanol–water partition coefficient (Wildman–Crippen LogP) is 0.001000. The zero-order valence-corrected chi connectivity index (χ0v) is 8.18. The van der Waals surface area contributed by atoms with Crippen LogP contribution in [-0.4, -0.2) is 34.7 Å². The SMILES string of the molecule is O=C(NC[C@H](O)C(=O)O)c1ccccc1F. The summed E-state index contributed by atoms with van der Waals surface area (Å²) in [5.74, 6) is -2.92. The maximum absolute atomic E-state index is 13.1. The summed E-state index contributed by atoms with van der Waals surface area (Å²) < 4.78 is 13.1. The molecule has 0 bridgehead atoms. The van der Waals surface area contributed by atoms with Crippen molar-refractivity contribution in [2.45, 2.75) is 6.10 Å². The Morgan fingerprint density at radius 3 is 2.56 bits per heavy atom. The van der Waals surface area contributed by atoms with Gasteiger partial charge in [0.25, 0.3) is 5.91 Å². The summed E-state index contributed by atoms with van der Waals surface area (Å²) in [4.78, 5) is 21.6. The summed E-state index contributed by atoms with van der Waals surface area (Å²) >= 11 is 0. The van der Waals surface area contributed by atoms with Crippen molar-refractivity contribution in [2.75, 3.05) is 6.54 Å². The van der Waals surface area contributed by atoms with Crippen molar-refractivity contribution in [1.29, 1.82) is 0 Å². The number of aliphatic carboxylic acids is 1. The number of hydrogen-bond acceptors (Lipinski definition) is 3. The van der Waals surface area contributed by atoms with E-state index in [0.717, 1.165) is 6.07 Å². The lowest BCUT2D eigenvalue weighted by molar-refractivity contribution is -0.146. The first kappa shape index (κ1) is 12.1. The van der Waals surface area contributed by atoms with Crippen molar-refractivity contribution in [3.05, 3.63) is 35.6 Å². The van der Waals surface area contributed by atoms with Crippen LogP contribution >= 0.6 is 0 Å². The molecule has 1 rings (SSSR count). The molecule has 1 aromatic rings. The highest BCUT2D eigenvalue weighted by Crippen LogP contribution is 2.05. The van der Waals surface area contributed by atoms with Gasteiger partial charge in [0.1, 0.15) is 5.82 Å². The first-order valence-corrected chi connectivity index (χ1v) is 4.46. The van der Waals surface area contributed by atoms with E-state index in [1.54, 1.807) is 0 Å². The molecular formula is C10H10FNO4. The number of carboxylic acids is 1. The van der Waals surface area contributed by atoms with Crippen molar-refractivity contribution in [3.8, 4) is 0 Å². The Balaban J connectivity index is 2.60. The van der Waals surface area contributed by atoms with Gasteiger partial charge in [0.05, 0.1) is 12.1 Å². The first-order valence-electron chi connectivity index (χ1n) is 4.46. The van der Waals surface area contributed by atoms with Gasteiger partial charge in [0, 0.05) is 0 Å². The number of amides is 1. The molecular weight excluding hydrogens is 217 g/mol. The number of rotatable bonds is 4. The summed E-state index contributed by atoms with van der Waals surface area (Å²) in [5.41, 5.74) is -0.194. The third kappa shape index (κ3) is 3.03. The van der Waals surface area contributed by atoms with Crippen molar-refractivity contribution in [1.82, 2.24) is 5.32 Å². The first-order chi connectivity index (χ1) is 7.52. The molecule has 0 spiro atoms. The molecule has 16 heavy (non-hydrogen) atoms. The van der Waals surface area contributed by atoms with E-state index in [9.17, 15) is 14.0 Å². The Labute approximate surface area is 90.5 Å². The van der Waals surface area contributed by atoms with E-state index >= 15 is 0 Å². The van der Waals surface area contributed by atoms with Crippen molar-refractivity contribution in [2.24, 2.45) is 0 Å². The minimum atomic E-state index is -1.70. The van der Waals surface area contributed by atoms with Gasteiger partial charge in [-0.2, -0.15) is 0 Å². The lowest BCUT2D eigenvalue weighted by atomic mass is 10.2. The van der Waals surface area contributed by atoms with Gasteiger partial charge in [-0.1, -0.05) is 12.1 Å². The van der Waals surface area contributed by atoms with Gasteiger partial charge in [0.2, 0.25) is 0 Å². The Morgan fingerprint density at radius 1 is 1.38 bits per heavy atom. The van der Waals surface area contributed by atoms with Crippen molar-refractivity contribution in [3.63, 3.8) is 0 Å². The largest absolute Gasteiger partial charge is 0.479 e. The van der Waals surface area contributed by atoms with E-state index < -0.39 is 30.3 Å². The quantitative estimate of drug-likeness (QED) is 0.675. The fourth-order valence-corrected chi connectivity index (χ4v) is 1.02. The number of nitrogens with one attached hydrogen (secondary N) is 1. The van der Waals surface area contributed by atoms with E-state index in [0.29, 0.717) is 0 Å². The van der Waals surface area contributed by atoms with Gasteiger partial charge in [-0.05, 0) is 12.1 Å². The molecule has 0 unspecified atom stereocenters. The lowest BCUT2D eigenvalue weighted by Crippen LogP contribution is -2.36. The third-order valence-corrected chi connectivity index (χ3v) is 1.86. The molecule has 0 radical (unpaired) electrons. The minimum absolute atomic E-state index is 0.194. The van der Waals surface area contributed by atoms with E-state index in [4.69, 9.17) is 10.2 Å². The van der Waals surface area contributed by atoms with Gasteiger partial charge >= 0.3 is 5.97 Å². The number of halogens is 1. The Bertz CT molecular complexity index is 408. The molecule has 6 heteroatoms. The molecule has 3 N–H and O–H groups in total. The Kier molecular flexibility index (Phi) is 3.96. The van der Waals surface area contributed by atoms with Crippen molar-refractivity contribution >= 4 is 11.9 Å². The van der Waals surface area contributed by atoms with Crippen LogP contribution in [0.2, 0.25) is 0 Å². The third-order valence-electron chi connectivity index (χ3n) is 1.86. The maximum atomic E-state index is 13.1. The van der Waals surface area contributed by atoms with Gasteiger partial charge in [-0.15, -0.1) is 0 Å². The molecule has 0 fully saturated rings. The Morgan fingerprint density at radius 2 is 2.00 bits per heavy atom. The fraction of sp³-hybridized carbons (Fsp3) is 0.200. The molecule has 5 nitrogen and oxygen atoms in total.